The molecule has 0 amide bonds. The number of alkyl halides is 3. The molecule has 0 radical (unpaired) electrons. The van der Waals surface area contributed by atoms with Crippen molar-refractivity contribution in [2.45, 2.75) is 38.9 Å². The van der Waals surface area contributed by atoms with Crippen LogP contribution >= 0.6 is 0 Å². The molecule has 136 valence electrons. The second kappa shape index (κ2) is 5.96. The second-order valence-corrected chi connectivity index (χ2v) is 6.78. The lowest BCUT2D eigenvalue weighted by atomic mass is 9.89. The normalized spacial score (nSPS) is 14.9. The molecule has 1 aromatic carbocycles. The van der Waals surface area contributed by atoms with E-state index in [9.17, 15) is 13.2 Å². The maximum absolute atomic E-state index is 13.2. The summed E-state index contributed by atoms with van der Waals surface area (Å²) < 4.78 is 39.5. The van der Waals surface area contributed by atoms with Crippen molar-refractivity contribution in [1.82, 2.24) is 19.9 Å². The van der Waals surface area contributed by atoms with E-state index in [4.69, 9.17) is 0 Å². The summed E-state index contributed by atoms with van der Waals surface area (Å²) in [6.07, 6.45) is -2.50. The van der Waals surface area contributed by atoms with Crippen LogP contribution in [-0.2, 0) is 19.1 Å². The third-order valence-corrected chi connectivity index (χ3v) is 4.74. The van der Waals surface area contributed by atoms with Crippen molar-refractivity contribution in [1.29, 1.82) is 0 Å². The highest BCUT2D eigenvalue weighted by atomic mass is 19.4. The SMILES string of the molecule is CC(C)c1cccc2c1CCN(c1nc(C(F)(F)F)nc3nc[nH]c13)C2. The van der Waals surface area contributed by atoms with Crippen LogP contribution in [0.5, 0.6) is 0 Å². The average Bonchev–Trinajstić information content (AvgIpc) is 3.07. The lowest BCUT2D eigenvalue weighted by molar-refractivity contribution is -0.144. The minimum absolute atomic E-state index is 0.0315. The average molecular weight is 361 g/mol. The Bertz CT molecular complexity index is 961. The molecule has 0 spiro atoms. The number of imidazole rings is 1. The van der Waals surface area contributed by atoms with E-state index in [0.29, 0.717) is 24.5 Å². The molecule has 4 rings (SSSR count). The maximum atomic E-state index is 13.2. The number of halogens is 3. The van der Waals surface area contributed by atoms with Crippen molar-refractivity contribution in [3.05, 3.63) is 47.0 Å². The monoisotopic (exact) mass is 361 g/mol. The summed E-state index contributed by atoms with van der Waals surface area (Å²) >= 11 is 0. The first-order chi connectivity index (χ1) is 12.3. The van der Waals surface area contributed by atoms with E-state index >= 15 is 0 Å². The van der Waals surface area contributed by atoms with E-state index in [-0.39, 0.29) is 11.5 Å². The lowest BCUT2D eigenvalue weighted by Gasteiger charge is -2.32. The van der Waals surface area contributed by atoms with Crippen molar-refractivity contribution in [3.63, 3.8) is 0 Å². The van der Waals surface area contributed by atoms with Crippen molar-refractivity contribution in [2.75, 3.05) is 11.4 Å². The quantitative estimate of drug-likeness (QED) is 0.748. The van der Waals surface area contributed by atoms with Gasteiger partial charge in [0.25, 0.3) is 0 Å². The highest BCUT2D eigenvalue weighted by Gasteiger charge is 2.37. The number of benzene rings is 1. The fourth-order valence-electron chi connectivity index (χ4n) is 3.53. The predicted molar refractivity (Wildman–Crippen MR) is 92.0 cm³/mol. The largest absolute Gasteiger partial charge is 0.451 e. The summed E-state index contributed by atoms with van der Waals surface area (Å²) in [4.78, 5) is 16.0. The summed E-state index contributed by atoms with van der Waals surface area (Å²) in [6, 6.07) is 6.16. The Labute approximate surface area is 148 Å². The van der Waals surface area contributed by atoms with Crippen molar-refractivity contribution in [3.8, 4) is 0 Å². The summed E-state index contributed by atoms with van der Waals surface area (Å²) in [6.45, 7) is 5.41. The van der Waals surface area contributed by atoms with Crippen LogP contribution in [0.1, 0.15) is 42.3 Å². The van der Waals surface area contributed by atoms with Crippen molar-refractivity contribution < 1.29 is 13.2 Å². The van der Waals surface area contributed by atoms with Gasteiger partial charge in [0.1, 0.15) is 5.52 Å². The van der Waals surface area contributed by atoms with E-state index < -0.39 is 12.0 Å². The van der Waals surface area contributed by atoms with Gasteiger partial charge >= 0.3 is 6.18 Å². The molecule has 2 aromatic heterocycles. The van der Waals surface area contributed by atoms with Gasteiger partial charge in [-0.25, -0.2) is 15.0 Å². The first-order valence-electron chi connectivity index (χ1n) is 8.48. The highest BCUT2D eigenvalue weighted by molar-refractivity contribution is 5.83. The standard InChI is InChI=1S/C18H18F3N5/c1-10(2)12-5-3-4-11-8-26(7-6-13(11)12)16-14-15(23-9-22-14)24-17(25-16)18(19,20)21/h3-5,9-10H,6-8H2,1-2H3,(H,22,23,24,25). The Balaban J connectivity index is 1.78. The molecule has 0 bridgehead atoms. The number of nitrogens with zero attached hydrogens (tertiary/aromatic N) is 4. The van der Waals surface area contributed by atoms with Crippen LogP contribution in [0.15, 0.2) is 24.5 Å². The van der Waals surface area contributed by atoms with Gasteiger partial charge in [-0.3, -0.25) is 0 Å². The van der Waals surface area contributed by atoms with Gasteiger partial charge in [-0.05, 0) is 29.0 Å². The molecule has 3 aromatic rings. The van der Waals surface area contributed by atoms with Crippen molar-refractivity contribution in [2.24, 2.45) is 0 Å². The number of nitrogens with one attached hydrogen (secondary N) is 1. The number of fused-ring (bicyclic) bond motifs is 2. The number of H-pyrrole nitrogens is 1. The summed E-state index contributed by atoms with van der Waals surface area (Å²) in [5.41, 5.74) is 4.19. The van der Waals surface area contributed by atoms with Crippen LogP contribution in [0.4, 0.5) is 19.0 Å². The molecule has 0 fully saturated rings. The number of aromatic nitrogens is 4. The molecule has 1 aliphatic rings. The van der Waals surface area contributed by atoms with Gasteiger partial charge in [-0.1, -0.05) is 32.0 Å². The topological polar surface area (TPSA) is 57.7 Å². The van der Waals surface area contributed by atoms with Crippen LogP contribution in [0, 0.1) is 0 Å². The zero-order valence-corrected chi connectivity index (χ0v) is 14.4. The molecule has 8 heteroatoms. The molecule has 0 saturated heterocycles. The van der Waals surface area contributed by atoms with Gasteiger partial charge in [0, 0.05) is 13.1 Å². The van der Waals surface area contributed by atoms with Gasteiger partial charge in [0.15, 0.2) is 11.5 Å². The molecule has 0 saturated carbocycles. The Kier molecular flexibility index (Phi) is 3.86. The Hall–Kier alpha value is -2.64. The van der Waals surface area contributed by atoms with E-state index in [0.717, 1.165) is 12.0 Å². The van der Waals surface area contributed by atoms with Crippen LogP contribution in [-0.4, -0.2) is 26.5 Å². The minimum atomic E-state index is -4.61. The highest BCUT2D eigenvalue weighted by Crippen LogP contribution is 2.34. The number of aromatic amines is 1. The van der Waals surface area contributed by atoms with Gasteiger partial charge in [0.05, 0.1) is 6.33 Å². The molecule has 1 aliphatic heterocycles. The number of anilines is 1. The van der Waals surface area contributed by atoms with Crippen LogP contribution in [0.3, 0.4) is 0 Å². The summed E-state index contributed by atoms with van der Waals surface area (Å²) in [5, 5.41) is 0. The third-order valence-electron chi connectivity index (χ3n) is 4.74. The molecule has 5 nitrogen and oxygen atoms in total. The molecular formula is C18H18F3N5. The first-order valence-corrected chi connectivity index (χ1v) is 8.48. The van der Waals surface area contributed by atoms with Gasteiger partial charge in [-0.2, -0.15) is 13.2 Å². The third kappa shape index (κ3) is 2.79. The smallest absolute Gasteiger partial charge is 0.350 e. The van der Waals surface area contributed by atoms with Gasteiger partial charge in [-0.15, -0.1) is 0 Å². The van der Waals surface area contributed by atoms with Gasteiger partial charge in [0.2, 0.25) is 5.82 Å². The molecular weight excluding hydrogens is 343 g/mol. The zero-order chi connectivity index (χ0) is 18.5. The minimum Gasteiger partial charge on any atom is -0.350 e. The Morgan fingerprint density at radius 3 is 2.73 bits per heavy atom. The Morgan fingerprint density at radius 1 is 1.19 bits per heavy atom. The fourth-order valence-corrected chi connectivity index (χ4v) is 3.53. The van der Waals surface area contributed by atoms with Gasteiger partial charge < -0.3 is 9.88 Å². The molecule has 0 aliphatic carbocycles. The fraction of sp³-hybridized carbons (Fsp3) is 0.389. The van der Waals surface area contributed by atoms with E-state index in [1.807, 2.05) is 17.0 Å². The van der Waals surface area contributed by atoms with Crippen LogP contribution < -0.4 is 4.90 Å². The van der Waals surface area contributed by atoms with Crippen LogP contribution in [0.2, 0.25) is 0 Å². The molecule has 1 N–H and O–H groups in total. The maximum Gasteiger partial charge on any atom is 0.451 e. The van der Waals surface area contributed by atoms with E-state index in [2.05, 4.69) is 39.8 Å². The Morgan fingerprint density at radius 2 is 2.00 bits per heavy atom. The zero-order valence-electron chi connectivity index (χ0n) is 14.4. The second-order valence-electron chi connectivity index (χ2n) is 6.78. The molecule has 3 heterocycles. The summed E-state index contributed by atoms with van der Waals surface area (Å²) in [7, 11) is 0. The lowest BCUT2D eigenvalue weighted by Crippen LogP contribution is -2.32. The first kappa shape index (κ1) is 16.8. The molecule has 0 atom stereocenters. The molecule has 26 heavy (non-hydrogen) atoms. The van der Waals surface area contributed by atoms with Crippen LogP contribution in [0.25, 0.3) is 11.2 Å². The number of hydrogen-bond donors (Lipinski definition) is 1. The van der Waals surface area contributed by atoms with E-state index in [1.54, 1.807) is 0 Å². The summed E-state index contributed by atoms with van der Waals surface area (Å²) in [5.74, 6) is -0.499. The predicted octanol–water partition coefficient (Wildman–Crippen LogP) is 4.06. The molecule has 0 unspecified atom stereocenters. The number of hydrogen-bond acceptors (Lipinski definition) is 4. The van der Waals surface area contributed by atoms with E-state index in [1.165, 1.54) is 17.5 Å². The number of rotatable bonds is 2. The van der Waals surface area contributed by atoms with Crippen molar-refractivity contribution >= 4 is 17.0 Å².